The van der Waals surface area contributed by atoms with Gasteiger partial charge in [-0.15, -0.1) is 0 Å². The van der Waals surface area contributed by atoms with E-state index in [0.717, 1.165) is 17.3 Å². The van der Waals surface area contributed by atoms with Crippen molar-refractivity contribution in [2.45, 2.75) is 37.6 Å². The third kappa shape index (κ3) is 2.24. The lowest BCUT2D eigenvalue weighted by atomic mass is 9.84. The fourth-order valence-corrected chi connectivity index (χ4v) is 2.48. The summed E-state index contributed by atoms with van der Waals surface area (Å²) in [6.45, 7) is 0. The molecule has 0 aliphatic heterocycles. The lowest BCUT2D eigenvalue weighted by Crippen LogP contribution is -2.30. The normalized spacial score (nSPS) is 22.3. The van der Waals surface area contributed by atoms with E-state index in [2.05, 4.69) is 32.6 Å². The number of azide groups is 1. The Balaban J connectivity index is 2.64. The standard InChI is InChI=1S/C7H12IN3/c8-6-7(10-11-9)4-2-1-3-5-7/h1-6H2. The van der Waals surface area contributed by atoms with E-state index in [1.165, 1.54) is 19.3 Å². The Kier molecular flexibility index (Phi) is 3.45. The van der Waals surface area contributed by atoms with Crippen LogP contribution in [-0.4, -0.2) is 9.97 Å². The Morgan fingerprint density at radius 3 is 2.45 bits per heavy atom. The number of alkyl halides is 1. The molecule has 0 heterocycles. The smallest absolute Gasteiger partial charge is 0.0577 e. The van der Waals surface area contributed by atoms with Crippen molar-refractivity contribution >= 4 is 22.6 Å². The number of hydrogen-bond donors (Lipinski definition) is 0. The zero-order valence-corrected chi connectivity index (χ0v) is 8.62. The molecule has 0 aromatic rings. The summed E-state index contributed by atoms with van der Waals surface area (Å²) in [6.07, 6.45) is 5.92. The van der Waals surface area contributed by atoms with Crippen LogP contribution < -0.4 is 0 Å². The van der Waals surface area contributed by atoms with Gasteiger partial charge in [0.05, 0.1) is 5.54 Å². The average Bonchev–Trinajstić information content (AvgIpc) is 2.07. The van der Waals surface area contributed by atoms with Gasteiger partial charge in [-0.1, -0.05) is 47.0 Å². The molecular formula is C7H12IN3. The third-order valence-corrected chi connectivity index (χ3v) is 3.71. The monoisotopic (exact) mass is 265 g/mol. The molecule has 1 aliphatic rings. The molecule has 0 saturated heterocycles. The molecule has 0 amide bonds. The Bertz CT molecular complexity index is 169. The second kappa shape index (κ2) is 4.16. The van der Waals surface area contributed by atoms with Gasteiger partial charge in [0.2, 0.25) is 0 Å². The van der Waals surface area contributed by atoms with E-state index in [4.69, 9.17) is 5.53 Å². The Hall–Kier alpha value is 0.0400. The summed E-state index contributed by atoms with van der Waals surface area (Å²) < 4.78 is 0.967. The summed E-state index contributed by atoms with van der Waals surface area (Å²) in [5, 5.41) is 3.91. The maximum absolute atomic E-state index is 8.37. The molecule has 1 aliphatic carbocycles. The summed E-state index contributed by atoms with van der Waals surface area (Å²) in [4.78, 5) is 2.92. The van der Waals surface area contributed by atoms with Gasteiger partial charge in [-0.25, -0.2) is 0 Å². The number of halogens is 1. The highest BCUT2D eigenvalue weighted by Gasteiger charge is 2.29. The maximum Gasteiger partial charge on any atom is 0.0577 e. The van der Waals surface area contributed by atoms with Crippen LogP contribution in [0.4, 0.5) is 0 Å². The van der Waals surface area contributed by atoms with Crippen molar-refractivity contribution in [3.63, 3.8) is 0 Å². The SMILES string of the molecule is [N-]=[N+]=NC1(CI)CCCCC1. The van der Waals surface area contributed by atoms with Crippen molar-refractivity contribution in [3.8, 4) is 0 Å². The van der Waals surface area contributed by atoms with Gasteiger partial charge >= 0.3 is 0 Å². The van der Waals surface area contributed by atoms with Crippen molar-refractivity contribution in [1.29, 1.82) is 0 Å². The van der Waals surface area contributed by atoms with Crippen LogP contribution in [0, 0.1) is 0 Å². The first-order valence-corrected chi connectivity index (χ1v) is 5.48. The number of rotatable bonds is 2. The minimum atomic E-state index is -0.0342. The van der Waals surface area contributed by atoms with Crippen LogP contribution in [0.2, 0.25) is 0 Å². The highest BCUT2D eigenvalue weighted by atomic mass is 127. The summed E-state index contributed by atoms with van der Waals surface area (Å²) in [6, 6.07) is 0. The summed E-state index contributed by atoms with van der Waals surface area (Å²) >= 11 is 2.32. The molecule has 4 heteroatoms. The minimum absolute atomic E-state index is 0.0342. The van der Waals surface area contributed by atoms with Crippen molar-refractivity contribution in [3.05, 3.63) is 10.4 Å². The van der Waals surface area contributed by atoms with Crippen LogP contribution in [0.15, 0.2) is 5.11 Å². The minimum Gasteiger partial charge on any atom is -0.0865 e. The molecule has 0 radical (unpaired) electrons. The zero-order valence-electron chi connectivity index (χ0n) is 6.46. The van der Waals surface area contributed by atoms with E-state index in [1.54, 1.807) is 0 Å². The van der Waals surface area contributed by atoms with E-state index in [-0.39, 0.29) is 5.54 Å². The zero-order chi connectivity index (χ0) is 8.16. The molecule has 1 fully saturated rings. The Morgan fingerprint density at radius 2 is 2.00 bits per heavy atom. The predicted octanol–water partition coefficient (Wildman–Crippen LogP) is 3.43. The lowest BCUT2D eigenvalue weighted by Gasteiger charge is -2.30. The van der Waals surface area contributed by atoms with Crippen LogP contribution in [-0.2, 0) is 0 Å². The van der Waals surface area contributed by atoms with Crippen molar-refractivity contribution in [2.75, 3.05) is 4.43 Å². The highest BCUT2D eigenvalue weighted by Crippen LogP contribution is 2.33. The summed E-state index contributed by atoms with van der Waals surface area (Å²) in [7, 11) is 0. The van der Waals surface area contributed by atoms with Crippen LogP contribution in [0.1, 0.15) is 32.1 Å². The van der Waals surface area contributed by atoms with E-state index in [0.29, 0.717) is 0 Å². The molecule has 3 nitrogen and oxygen atoms in total. The second-order valence-electron chi connectivity index (χ2n) is 3.11. The largest absolute Gasteiger partial charge is 0.0865 e. The van der Waals surface area contributed by atoms with Crippen molar-refractivity contribution < 1.29 is 0 Å². The lowest BCUT2D eigenvalue weighted by molar-refractivity contribution is 0.332. The molecule has 1 rings (SSSR count). The van der Waals surface area contributed by atoms with Gasteiger partial charge in [-0.2, -0.15) is 0 Å². The fraction of sp³-hybridized carbons (Fsp3) is 1.00. The van der Waals surface area contributed by atoms with Crippen LogP contribution in [0.5, 0.6) is 0 Å². The molecule has 1 saturated carbocycles. The van der Waals surface area contributed by atoms with E-state index >= 15 is 0 Å². The third-order valence-electron chi connectivity index (χ3n) is 2.29. The maximum atomic E-state index is 8.37. The van der Waals surface area contributed by atoms with Crippen molar-refractivity contribution in [2.24, 2.45) is 5.11 Å². The molecule has 0 aromatic heterocycles. The van der Waals surface area contributed by atoms with Crippen LogP contribution in [0.3, 0.4) is 0 Å². The summed E-state index contributed by atoms with van der Waals surface area (Å²) in [5.41, 5.74) is 8.34. The number of hydrogen-bond acceptors (Lipinski definition) is 1. The van der Waals surface area contributed by atoms with E-state index in [1.807, 2.05) is 0 Å². The molecule has 0 unspecified atom stereocenters. The average molecular weight is 265 g/mol. The second-order valence-corrected chi connectivity index (χ2v) is 3.87. The topological polar surface area (TPSA) is 48.8 Å². The van der Waals surface area contributed by atoms with E-state index < -0.39 is 0 Å². The van der Waals surface area contributed by atoms with Gasteiger partial charge in [0, 0.05) is 9.34 Å². The van der Waals surface area contributed by atoms with Gasteiger partial charge in [0.15, 0.2) is 0 Å². The molecule has 0 aromatic carbocycles. The van der Waals surface area contributed by atoms with Crippen LogP contribution in [0.25, 0.3) is 10.4 Å². The summed E-state index contributed by atoms with van der Waals surface area (Å²) in [5.74, 6) is 0. The molecular weight excluding hydrogens is 253 g/mol. The van der Waals surface area contributed by atoms with Gasteiger partial charge in [-0.05, 0) is 18.4 Å². The molecule has 0 spiro atoms. The highest BCUT2D eigenvalue weighted by molar-refractivity contribution is 14.1. The molecule has 62 valence electrons. The predicted molar refractivity (Wildman–Crippen MR) is 53.8 cm³/mol. The first-order valence-electron chi connectivity index (χ1n) is 3.95. The molecule has 11 heavy (non-hydrogen) atoms. The first-order chi connectivity index (χ1) is 5.33. The van der Waals surface area contributed by atoms with Gasteiger partial charge in [0.25, 0.3) is 0 Å². The molecule has 0 N–H and O–H groups in total. The van der Waals surface area contributed by atoms with Gasteiger partial charge in [-0.3, -0.25) is 0 Å². The Morgan fingerprint density at radius 1 is 1.36 bits per heavy atom. The van der Waals surface area contributed by atoms with Gasteiger partial charge < -0.3 is 0 Å². The van der Waals surface area contributed by atoms with Gasteiger partial charge in [0.1, 0.15) is 0 Å². The first kappa shape index (κ1) is 9.13. The molecule has 0 bridgehead atoms. The number of nitrogens with zero attached hydrogens (tertiary/aromatic N) is 3. The molecule has 0 atom stereocenters. The van der Waals surface area contributed by atoms with Crippen LogP contribution >= 0.6 is 22.6 Å². The van der Waals surface area contributed by atoms with Crippen molar-refractivity contribution in [1.82, 2.24) is 0 Å². The van der Waals surface area contributed by atoms with E-state index in [9.17, 15) is 0 Å². The fourth-order valence-electron chi connectivity index (χ4n) is 1.57. The Labute approximate surface area is 80.3 Å². The quantitative estimate of drug-likeness (QED) is 0.241.